The lowest BCUT2D eigenvalue weighted by molar-refractivity contribution is 0.410. The van der Waals surface area contributed by atoms with Crippen molar-refractivity contribution in [2.45, 2.75) is 0 Å². The molecule has 3 nitrogen and oxygen atoms in total. The average molecular weight is 277 g/mol. The van der Waals surface area contributed by atoms with Crippen LogP contribution in [0.4, 0.5) is 0 Å². The van der Waals surface area contributed by atoms with Gasteiger partial charge in [-0.25, -0.2) is 4.98 Å². The first-order chi connectivity index (χ1) is 8.83. The summed E-state index contributed by atoms with van der Waals surface area (Å²) in [5, 5.41) is 3.05. The maximum atomic E-state index is 5.38. The van der Waals surface area contributed by atoms with Crippen molar-refractivity contribution in [1.29, 1.82) is 0 Å². The van der Waals surface area contributed by atoms with Gasteiger partial charge in [0.05, 0.1) is 19.1 Å². The van der Waals surface area contributed by atoms with Crippen molar-refractivity contribution in [2.24, 2.45) is 0 Å². The number of fused-ring (bicyclic) bond motifs is 1. The van der Waals surface area contributed by atoms with Gasteiger partial charge in [0.1, 0.15) is 26.7 Å². The average Bonchev–Trinajstić information content (AvgIpc) is 3.05. The lowest BCUT2D eigenvalue weighted by atomic mass is 10.3. The highest BCUT2D eigenvalue weighted by Gasteiger charge is 2.14. The van der Waals surface area contributed by atoms with Gasteiger partial charge in [-0.15, -0.1) is 22.7 Å². The van der Waals surface area contributed by atoms with Crippen molar-refractivity contribution in [1.82, 2.24) is 4.98 Å². The molecule has 0 fully saturated rings. The van der Waals surface area contributed by atoms with E-state index in [0.29, 0.717) is 0 Å². The molecule has 0 aliphatic rings. The first kappa shape index (κ1) is 11.5. The lowest BCUT2D eigenvalue weighted by Gasteiger charge is -2.03. The van der Waals surface area contributed by atoms with Crippen LogP contribution in [0.1, 0.15) is 0 Å². The van der Waals surface area contributed by atoms with Crippen molar-refractivity contribution >= 4 is 32.9 Å². The third kappa shape index (κ3) is 1.76. The van der Waals surface area contributed by atoms with E-state index in [4.69, 9.17) is 9.47 Å². The van der Waals surface area contributed by atoms with Crippen LogP contribution in [-0.4, -0.2) is 19.2 Å². The van der Waals surface area contributed by atoms with Crippen LogP contribution < -0.4 is 9.47 Å². The van der Waals surface area contributed by atoms with E-state index in [9.17, 15) is 0 Å². The molecule has 3 rings (SSSR count). The molecular formula is C13H11NO2S2. The van der Waals surface area contributed by atoms with Crippen LogP contribution in [0, 0.1) is 0 Å². The van der Waals surface area contributed by atoms with E-state index >= 15 is 0 Å². The fraction of sp³-hybridized carbons (Fsp3) is 0.154. The van der Waals surface area contributed by atoms with E-state index in [1.54, 1.807) is 36.9 Å². The van der Waals surface area contributed by atoms with Crippen molar-refractivity contribution in [2.75, 3.05) is 14.2 Å². The standard InChI is InChI=1S/C13H11NO2S2/c1-15-8-5-6-9(16-2)12-11(8)14-13(18-12)10-4-3-7-17-10/h3-7H,1-2H3. The second-order valence-corrected chi connectivity index (χ2v) is 5.59. The van der Waals surface area contributed by atoms with Crippen molar-refractivity contribution in [3.8, 4) is 21.4 Å². The number of thiazole rings is 1. The first-order valence-corrected chi connectivity index (χ1v) is 7.08. The lowest BCUT2D eigenvalue weighted by Crippen LogP contribution is -1.87. The number of nitrogens with zero attached hydrogens (tertiary/aromatic N) is 1. The minimum absolute atomic E-state index is 0.782. The van der Waals surface area contributed by atoms with Gasteiger partial charge >= 0.3 is 0 Å². The Kier molecular flexibility index (Phi) is 2.93. The van der Waals surface area contributed by atoms with Gasteiger partial charge in [0.25, 0.3) is 0 Å². The number of methoxy groups -OCH3 is 2. The van der Waals surface area contributed by atoms with Gasteiger partial charge in [0.15, 0.2) is 0 Å². The Morgan fingerprint density at radius 3 is 2.50 bits per heavy atom. The second-order valence-electron chi connectivity index (χ2n) is 3.64. The predicted octanol–water partition coefficient (Wildman–Crippen LogP) is 4.04. The fourth-order valence-electron chi connectivity index (χ4n) is 1.79. The molecule has 3 aromatic rings. The zero-order valence-electron chi connectivity index (χ0n) is 9.97. The molecule has 0 aliphatic carbocycles. The van der Waals surface area contributed by atoms with Gasteiger partial charge in [0, 0.05) is 0 Å². The summed E-state index contributed by atoms with van der Waals surface area (Å²) >= 11 is 3.31. The van der Waals surface area contributed by atoms with Gasteiger partial charge in [-0.3, -0.25) is 0 Å². The molecule has 0 bridgehead atoms. The summed E-state index contributed by atoms with van der Waals surface area (Å²) in [5.74, 6) is 1.62. The van der Waals surface area contributed by atoms with Gasteiger partial charge in [-0.05, 0) is 23.6 Å². The smallest absolute Gasteiger partial charge is 0.146 e. The van der Waals surface area contributed by atoms with Gasteiger partial charge < -0.3 is 9.47 Å². The molecule has 1 aromatic carbocycles. The number of rotatable bonds is 3. The van der Waals surface area contributed by atoms with E-state index in [-0.39, 0.29) is 0 Å². The second kappa shape index (κ2) is 4.59. The Hall–Kier alpha value is -1.59. The molecule has 0 N–H and O–H groups in total. The van der Waals surface area contributed by atoms with Gasteiger partial charge in [0.2, 0.25) is 0 Å². The summed E-state index contributed by atoms with van der Waals surface area (Å²) in [6, 6.07) is 7.90. The third-order valence-corrected chi connectivity index (χ3v) is 4.75. The Bertz CT molecular complexity index is 633. The molecular weight excluding hydrogens is 266 g/mol. The monoisotopic (exact) mass is 277 g/mol. The SMILES string of the molecule is COc1ccc(OC)c2sc(-c3cccs3)nc12. The van der Waals surface area contributed by atoms with Crippen molar-refractivity contribution in [3.05, 3.63) is 29.6 Å². The van der Waals surface area contributed by atoms with E-state index in [2.05, 4.69) is 16.4 Å². The van der Waals surface area contributed by atoms with Crippen LogP contribution in [0.3, 0.4) is 0 Å². The van der Waals surface area contributed by atoms with Crippen LogP contribution in [0.2, 0.25) is 0 Å². The molecule has 0 aliphatic heterocycles. The largest absolute Gasteiger partial charge is 0.495 e. The van der Waals surface area contributed by atoms with E-state index < -0.39 is 0 Å². The third-order valence-electron chi connectivity index (χ3n) is 2.64. The first-order valence-electron chi connectivity index (χ1n) is 5.39. The number of hydrogen-bond donors (Lipinski definition) is 0. The minimum Gasteiger partial charge on any atom is -0.495 e. The van der Waals surface area contributed by atoms with Gasteiger partial charge in [-0.2, -0.15) is 0 Å². The summed E-state index contributed by atoms with van der Waals surface area (Å²) in [4.78, 5) is 5.83. The molecule has 0 spiro atoms. The van der Waals surface area contributed by atoms with Crippen molar-refractivity contribution in [3.63, 3.8) is 0 Å². The highest BCUT2D eigenvalue weighted by atomic mass is 32.1. The fourth-order valence-corrected chi connectivity index (χ4v) is 3.66. The van der Waals surface area contributed by atoms with E-state index in [1.165, 1.54) is 4.88 Å². The number of hydrogen-bond acceptors (Lipinski definition) is 5. The Morgan fingerprint density at radius 2 is 1.83 bits per heavy atom. The Morgan fingerprint density at radius 1 is 1.06 bits per heavy atom. The molecule has 18 heavy (non-hydrogen) atoms. The summed E-state index contributed by atoms with van der Waals surface area (Å²) < 4.78 is 11.8. The highest BCUT2D eigenvalue weighted by molar-refractivity contribution is 7.25. The number of thiophene rings is 1. The van der Waals surface area contributed by atoms with Crippen LogP contribution in [0.15, 0.2) is 29.6 Å². The molecule has 0 amide bonds. The number of aromatic nitrogens is 1. The minimum atomic E-state index is 0.782. The predicted molar refractivity (Wildman–Crippen MR) is 76.0 cm³/mol. The molecule has 0 atom stereocenters. The molecule has 0 unspecified atom stereocenters. The summed E-state index contributed by atoms with van der Waals surface area (Å²) in [6.07, 6.45) is 0. The maximum absolute atomic E-state index is 5.38. The molecule has 0 radical (unpaired) electrons. The van der Waals surface area contributed by atoms with Gasteiger partial charge in [-0.1, -0.05) is 6.07 Å². The zero-order chi connectivity index (χ0) is 12.5. The normalized spacial score (nSPS) is 10.8. The quantitative estimate of drug-likeness (QED) is 0.724. The summed E-state index contributed by atoms with van der Waals surface area (Å²) in [6.45, 7) is 0. The number of ether oxygens (including phenoxy) is 2. The summed E-state index contributed by atoms with van der Waals surface area (Å²) in [5.41, 5.74) is 0.866. The van der Waals surface area contributed by atoms with E-state index in [0.717, 1.165) is 26.7 Å². The van der Waals surface area contributed by atoms with Crippen molar-refractivity contribution < 1.29 is 9.47 Å². The van der Waals surface area contributed by atoms with Crippen LogP contribution >= 0.6 is 22.7 Å². The highest BCUT2D eigenvalue weighted by Crippen LogP contribution is 2.41. The number of benzene rings is 1. The molecule has 5 heteroatoms. The maximum Gasteiger partial charge on any atom is 0.146 e. The van der Waals surface area contributed by atoms with Crippen LogP contribution in [-0.2, 0) is 0 Å². The van der Waals surface area contributed by atoms with Crippen LogP contribution in [0.25, 0.3) is 20.1 Å². The Labute approximate surface area is 113 Å². The molecule has 2 aromatic heterocycles. The molecule has 0 saturated carbocycles. The Balaban J connectivity index is 2.26. The molecule has 2 heterocycles. The summed E-state index contributed by atoms with van der Waals surface area (Å²) in [7, 11) is 3.33. The molecule has 0 saturated heterocycles. The topological polar surface area (TPSA) is 31.4 Å². The zero-order valence-corrected chi connectivity index (χ0v) is 11.6. The van der Waals surface area contributed by atoms with E-state index in [1.807, 2.05) is 18.2 Å². The van der Waals surface area contributed by atoms with Crippen LogP contribution in [0.5, 0.6) is 11.5 Å². The molecule has 92 valence electrons.